The van der Waals surface area contributed by atoms with Gasteiger partial charge in [-0.3, -0.25) is 0 Å². The molecule has 48 heavy (non-hydrogen) atoms. The zero-order chi connectivity index (χ0) is 32.8. The molecule has 6 aromatic carbocycles. The van der Waals surface area contributed by atoms with Gasteiger partial charge in [-0.05, 0) is 83.0 Å². The Balaban J connectivity index is 1.36. The van der Waals surface area contributed by atoms with E-state index in [-0.39, 0.29) is 0 Å². The van der Waals surface area contributed by atoms with Gasteiger partial charge >= 0.3 is 0 Å². The fourth-order valence-electron chi connectivity index (χ4n) is 5.76. The van der Waals surface area contributed by atoms with Crippen molar-refractivity contribution in [3.8, 4) is 0 Å². The lowest BCUT2D eigenvalue weighted by molar-refractivity contribution is 0.672. The SMILES string of the molecule is CCCCCCC(=CSc1ccccc1P(c1ccccc1)c1ccccc1)Sc1ccccc1P(c1ccccc1)c1ccccc1. The fourth-order valence-corrected chi connectivity index (χ4v) is 13.2. The molecule has 0 saturated carbocycles. The van der Waals surface area contributed by atoms with E-state index in [1.807, 2.05) is 23.5 Å². The van der Waals surface area contributed by atoms with E-state index in [1.54, 1.807) is 0 Å². The van der Waals surface area contributed by atoms with E-state index in [1.165, 1.54) is 72.2 Å². The number of hydrogen-bond acceptors (Lipinski definition) is 2. The van der Waals surface area contributed by atoms with Crippen LogP contribution in [0.5, 0.6) is 0 Å². The Hall–Kier alpha value is -3.38. The monoisotopic (exact) mass is 696 g/mol. The Morgan fingerprint density at radius 3 is 1.31 bits per heavy atom. The molecule has 6 rings (SSSR count). The summed E-state index contributed by atoms with van der Waals surface area (Å²) in [6.07, 6.45) is 6.11. The highest BCUT2D eigenvalue weighted by Crippen LogP contribution is 2.42. The van der Waals surface area contributed by atoms with Crippen molar-refractivity contribution in [2.24, 2.45) is 0 Å². The molecule has 0 atom stereocenters. The number of unbranched alkanes of at least 4 members (excludes halogenated alkanes) is 3. The maximum Gasteiger partial charge on any atom is 0.0202 e. The van der Waals surface area contributed by atoms with Gasteiger partial charge in [0.15, 0.2) is 0 Å². The second-order valence-corrected chi connectivity index (χ2v) is 18.0. The van der Waals surface area contributed by atoms with E-state index >= 15 is 0 Å². The van der Waals surface area contributed by atoms with E-state index < -0.39 is 15.8 Å². The maximum absolute atomic E-state index is 2.46. The van der Waals surface area contributed by atoms with Crippen LogP contribution in [-0.4, -0.2) is 0 Å². The van der Waals surface area contributed by atoms with Crippen molar-refractivity contribution < 1.29 is 0 Å². The average molecular weight is 697 g/mol. The number of rotatable bonds is 15. The second-order valence-electron chi connectivity index (χ2n) is 11.6. The van der Waals surface area contributed by atoms with Gasteiger partial charge in [0.25, 0.3) is 0 Å². The molecule has 0 aliphatic rings. The molecule has 0 spiro atoms. The third-order valence-electron chi connectivity index (χ3n) is 8.11. The van der Waals surface area contributed by atoms with Gasteiger partial charge < -0.3 is 0 Å². The van der Waals surface area contributed by atoms with E-state index in [0.29, 0.717) is 0 Å². The van der Waals surface area contributed by atoms with E-state index in [2.05, 4.69) is 182 Å². The van der Waals surface area contributed by atoms with E-state index in [0.717, 1.165) is 6.42 Å². The molecule has 0 nitrogen and oxygen atoms in total. The van der Waals surface area contributed by atoms with Gasteiger partial charge in [-0.2, -0.15) is 0 Å². The van der Waals surface area contributed by atoms with Crippen LogP contribution in [0.4, 0.5) is 0 Å². The predicted octanol–water partition coefficient (Wildman–Crippen LogP) is 10.9. The second kappa shape index (κ2) is 18.4. The molecule has 0 aliphatic heterocycles. The first kappa shape index (κ1) is 34.5. The molecule has 0 bridgehead atoms. The van der Waals surface area contributed by atoms with Crippen molar-refractivity contribution in [1.82, 2.24) is 0 Å². The lowest BCUT2D eigenvalue weighted by Gasteiger charge is -2.23. The summed E-state index contributed by atoms with van der Waals surface area (Å²) in [4.78, 5) is 4.15. The summed E-state index contributed by atoms with van der Waals surface area (Å²) in [6, 6.07) is 62.4. The highest BCUT2D eigenvalue weighted by atomic mass is 32.2. The van der Waals surface area contributed by atoms with Crippen LogP contribution in [0.1, 0.15) is 39.0 Å². The molecule has 6 aromatic rings. The third-order valence-corrected chi connectivity index (χ3v) is 15.7. The molecule has 0 N–H and O–H groups in total. The molecule has 0 heterocycles. The average Bonchev–Trinajstić information content (AvgIpc) is 3.15. The van der Waals surface area contributed by atoms with Crippen LogP contribution in [0, 0.1) is 0 Å². The largest absolute Gasteiger partial charge is 0.0965 e. The first-order valence-corrected chi connectivity index (χ1v) is 21.2. The Kier molecular flexibility index (Phi) is 13.2. The Bertz CT molecular complexity index is 1780. The van der Waals surface area contributed by atoms with Gasteiger partial charge in [0, 0.05) is 9.79 Å². The molecular formula is C44H42P2S2. The smallest absolute Gasteiger partial charge is 0.0202 e. The van der Waals surface area contributed by atoms with Crippen LogP contribution >= 0.6 is 39.4 Å². The minimum absolute atomic E-state index is 0.681. The molecule has 0 fully saturated rings. The number of hydrogen-bond donors (Lipinski definition) is 0. The quantitative estimate of drug-likeness (QED) is 0.0596. The van der Waals surface area contributed by atoms with Gasteiger partial charge in [0.05, 0.1) is 0 Å². The minimum atomic E-state index is -0.687. The first-order valence-electron chi connectivity index (χ1n) is 16.8. The summed E-state index contributed by atoms with van der Waals surface area (Å²) in [5, 5.41) is 10.8. The standard InChI is InChI=1S/C44H42P2S2/c1-2-3-4-17-30-40(48-44-34-21-19-32-42(44)46(38-26-13-7-14-27-38)39-28-15-8-16-29-39)35-47-43-33-20-18-31-41(43)45(36-22-9-5-10-23-36)37-24-11-6-12-25-37/h5-16,18-29,31-35H,2-4,17,30H2,1H3. The van der Waals surface area contributed by atoms with Crippen LogP contribution in [0.25, 0.3) is 0 Å². The van der Waals surface area contributed by atoms with Crippen LogP contribution < -0.4 is 31.8 Å². The van der Waals surface area contributed by atoms with E-state index in [9.17, 15) is 0 Å². The fraction of sp³-hybridized carbons (Fsp3) is 0.136. The maximum atomic E-state index is 2.46. The summed E-state index contributed by atoms with van der Waals surface area (Å²) < 4.78 is 0. The van der Waals surface area contributed by atoms with Crippen LogP contribution in [-0.2, 0) is 0 Å². The van der Waals surface area contributed by atoms with Gasteiger partial charge in [-0.25, -0.2) is 0 Å². The first-order chi connectivity index (χ1) is 23.8. The molecule has 0 radical (unpaired) electrons. The summed E-state index contributed by atoms with van der Waals surface area (Å²) >= 11 is 3.88. The van der Waals surface area contributed by atoms with Crippen molar-refractivity contribution in [1.29, 1.82) is 0 Å². The molecular weight excluding hydrogens is 655 g/mol. The zero-order valence-electron chi connectivity index (χ0n) is 27.5. The van der Waals surface area contributed by atoms with Crippen LogP contribution in [0.15, 0.2) is 190 Å². The number of allylic oxidation sites excluding steroid dienone is 1. The van der Waals surface area contributed by atoms with Crippen molar-refractivity contribution in [3.05, 3.63) is 180 Å². The summed E-state index contributed by atoms with van der Waals surface area (Å²) in [6.45, 7) is 2.29. The molecule has 0 aromatic heterocycles. The van der Waals surface area contributed by atoms with Crippen LogP contribution in [0.2, 0.25) is 0 Å². The van der Waals surface area contributed by atoms with Gasteiger partial charge in [-0.15, -0.1) is 0 Å². The van der Waals surface area contributed by atoms with Gasteiger partial charge in [-0.1, -0.05) is 207 Å². The molecule has 4 heteroatoms. The molecule has 0 unspecified atom stereocenters. The Morgan fingerprint density at radius 1 is 0.458 bits per heavy atom. The summed E-state index contributed by atoms with van der Waals surface area (Å²) in [5.74, 6) is 0. The minimum Gasteiger partial charge on any atom is -0.0965 e. The van der Waals surface area contributed by atoms with E-state index in [4.69, 9.17) is 0 Å². The topological polar surface area (TPSA) is 0 Å². The lowest BCUT2D eigenvalue weighted by Crippen LogP contribution is -2.22. The van der Waals surface area contributed by atoms with Crippen molar-refractivity contribution in [2.45, 2.75) is 48.8 Å². The lowest BCUT2D eigenvalue weighted by atomic mass is 10.1. The molecule has 0 aliphatic carbocycles. The number of benzene rings is 6. The van der Waals surface area contributed by atoms with Gasteiger partial charge in [0.2, 0.25) is 0 Å². The normalized spacial score (nSPS) is 11.7. The van der Waals surface area contributed by atoms with Crippen LogP contribution in [0.3, 0.4) is 0 Å². The molecule has 0 saturated heterocycles. The van der Waals surface area contributed by atoms with Crippen molar-refractivity contribution in [2.75, 3.05) is 0 Å². The highest BCUT2D eigenvalue weighted by Gasteiger charge is 2.21. The Labute approximate surface area is 298 Å². The van der Waals surface area contributed by atoms with Crippen molar-refractivity contribution in [3.63, 3.8) is 0 Å². The predicted molar refractivity (Wildman–Crippen MR) is 219 cm³/mol. The zero-order valence-corrected chi connectivity index (χ0v) is 30.9. The van der Waals surface area contributed by atoms with Crippen molar-refractivity contribution >= 4 is 71.2 Å². The van der Waals surface area contributed by atoms with Gasteiger partial charge in [0.1, 0.15) is 0 Å². The third kappa shape index (κ3) is 9.19. The highest BCUT2D eigenvalue weighted by molar-refractivity contribution is 8.06. The molecule has 240 valence electrons. The summed E-state index contributed by atoms with van der Waals surface area (Å²) in [7, 11) is -1.37. The Morgan fingerprint density at radius 2 is 0.854 bits per heavy atom. The summed E-state index contributed by atoms with van der Waals surface area (Å²) in [5.41, 5.74) is 0. The molecule has 0 amide bonds. The number of thioether (sulfide) groups is 2.